The molecule has 0 saturated heterocycles. The normalized spacial score (nSPS) is 11.3. The highest BCUT2D eigenvalue weighted by molar-refractivity contribution is 5.97. The number of para-hydroxylation sites is 1. The molecule has 3 heterocycles. The Morgan fingerprint density at radius 3 is 1.36 bits per heavy atom. The van der Waals surface area contributed by atoms with Crippen LogP contribution in [-0.2, 0) is 0 Å². The van der Waals surface area contributed by atoms with Gasteiger partial charge in [0.2, 0.25) is 0 Å². The molecule has 0 saturated carbocycles. The minimum atomic E-state index is 0.695. The van der Waals surface area contributed by atoms with Crippen molar-refractivity contribution in [3.63, 3.8) is 0 Å². The van der Waals surface area contributed by atoms with Crippen molar-refractivity contribution in [2.75, 3.05) is 0 Å². The van der Waals surface area contributed by atoms with Gasteiger partial charge < -0.3 is 0 Å². The molecule has 8 aromatic rings. The van der Waals surface area contributed by atoms with Gasteiger partial charge in [0.25, 0.3) is 0 Å². The second-order valence-corrected chi connectivity index (χ2v) is 10.3. The number of fused-ring (bicyclic) bond motifs is 3. The van der Waals surface area contributed by atoms with Gasteiger partial charge in [-0.1, -0.05) is 115 Å². The second kappa shape index (κ2) is 10.0. The third kappa shape index (κ3) is 4.18. The Bertz CT molecular complexity index is 2230. The monoisotopic (exact) mass is 536 g/mol. The molecule has 0 amide bonds. The molecule has 4 heteroatoms. The minimum Gasteiger partial charge on any atom is -0.256 e. The van der Waals surface area contributed by atoms with Crippen molar-refractivity contribution in [1.82, 2.24) is 19.9 Å². The molecule has 0 aliphatic rings. The van der Waals surface area contributed by atoms with E-state index in [0.717, 1.165) is 61.0 Å². The van der Waals surface area contributed by atoms with E-state index in [1.54, 1.807) is 0 Å². The summed E-state index contributed by atoms with van der Waals surface area (Å²) in [5.41, 5.74) is 7.91. The van der Waals surface area contributed by atoms with E-state index in [-0.39, 0.29) is 0 Å². The van der Waals surface area contributed by atoms with Gasteiger partial charge in [0.1, 0.15) is 0 Å². The molecule has 42 heavy (non-hydrogen) atoms. The first kappa shape index (κ1) is 24.1. The molecule has 0 radical (unpaired) electrons. The molecule has 0 N–H and O–H groups in total. The van der Waals surface area contributed by atoms with Crippen LogP contribution in [0.3, 0.4) is 0 Å². The summed E-state index contributed by atoms with van der Waals surface area (Å²) in [6, 6.07) is 45.9. The van der Waals surface area contributed by atoms with Gasteiger partial charge in [0.05, 0.1) is 22.6 Å². The molecule has 0 unspecified atom stereocenters. The zero-order chi connectivity index (χ0) is 27.9. The third-order valence-electron chi connectivity index (χ3n) is 7.80. The quantitative estimate of drug-likeness (QED) is 0.225. The van der Waals surface area contributed by atoms with Crippen LogP contribution in [0.15, 0.2) is 146 Å². The Morgan fingerprint density at radius 2 is 0.786 bits per heavy atom. The predicted octanol–water partition coefficient (Wildman–Crippen LogP) is 9.39. The van der Waals surface area contributed by atoms with E-state index in [4.69, 9.17) is 15.0 Å². The largest absolute Gasteiger partial charge is 0.256 e. The van der Waals surface area contributed by atoms with Crippen molar-refractivity contribution in [2.45, 2.75) is 0 Å². The van der Waals surface area contributed by atoms with Crippen LogP contribution in [0.5, 0.6) is 0 Å². The molecule has 0 aliphatic heterocycles. The van der Waals surface area contributed by atoms with Gasteiger partial charge in [0, 0.05) is 50.8 Å². The van der Waals surface area contributed by atoms with E-state index < -0.39 is 0 Å². The van der Waals surface area contributed by atoms with E-state index in [9.17, 15) is 0 Å². The van der Waals surface area contributed by atoms with Crippen LogP contribution in [0.4, 0.5) is 0 Å². The standard InChI is InChI=1S/C38H24N4/c1-3-9-31-25(7-1)21-23-39-35(31)27-13-15-29(16-14-27)37-33-11-5-6-12-34(33)41-38(42-37)30-19-17-28(18-20-30)36-32-10-4-2-8-26(32)22-24-40-36/h1-24H. The molecule has 0 bridgehead atoms. The first-order chi connectivity index (χ1) is 20.8. The Labute approximate surface area is 243 Å². The van der Waals surface area contributed by atoms with Crippen LogP contribution in [0.1, 0.15) is 0 Å². The van der Waals surface area contributed by atoms with Crippen molar-refractivity contribution >= 4 is 32.4 Å². The summed E-state index contributed by atoms with van der Waals surface area (Å²) >= 11 is 0. The number of pyridine rings is 2. The first-order valence-electron chi connectivity index (χ1n) is 14.0. The number of rotatable bonds is 4. The lowest BCUT2D eigenvalue weighted by Crippen LogP contribution is -1.95. The van der Waals surface area contributed by atoms with Crippen molar-refractivity contribution in [1.29, 1.82) is 0 Å². The van der Waals surface area contributed by atoms with Crippen molar-refractivity contribution < 1.29 is 0 Å². The van der Waals surface area contributed by atoms with Gasteiger partial charge in [-0.15, -0.1) is 0 Å². The van der Waals surface area contributed by atoms with Crippen LogP contribution < -0.4 is 0 Å². The maximum atomic E-state index is 5.10. The lowest BCUT2D eigenvalue weighted by Gasteiger charge is -2.11. The number of benzene rings is 5. The van der Waals surface area contributed by atoms with Gasteiger partial charge in [-0.3, -0.25) is 9.97 Å². The van der Waals surface area contributed by atoms with E-state index in [1.807, 2.05) is 42.7 Å². The lowest BCUT2D eigenvalue weighted by atomic mass is 10.00. The summed E-state index contributed by atoms with van der Waals surface area (Å²) in [5, 5.41) is 5.66. The molecule has 8 rings (SSSR count). The van der Waals surface area contributed by atoms with E-state index >= 15 is 0 Å². The second-order valence-electron chi connectivity index (χ2n) is 10.3. The zero-order valence-electron chi connectivity index (χ0n) is 22.6. The highest BCUT2D eigenvalue weighted by Gasteiger charge is 2.13. The van der Waals surface area contributed by atoms with Crippen LogP contribution in [0.2, 0.25) is 0 Å². The van der Waals surface area contributed by atoms with E-state index in [0.29, 0.717) is 5.82 Å². The zero-order valence-corrected chi connectivity index (χ0v) is 22.6. The molecular weight excluding hydrogens is 512 g/mol. The third-order valence-corrected chi connectivity index (χ3v) is 7.80. The van der Waals surface area contributed by atoms with Gasteiger partial charge in [-0.05, 0) is 29.0 Å². The van der Waals surface area contributed by atoms with Crippen molar-refractivity contribution in [3.8, 4) is 45.2 Å². The maximum Gasteiger partial charge on any atom is 0.160 e. The number of nitrogens with zero attached hydrogens (tertiary/aromatic N) is 4. The molecule has 0 atom stereocenters. The highest BCUT2D eigenvalue weighted by atomic mass is 14.9. The van der Waals surface area contributed by atoms with Gasteiger partial charge in [0.15, 0.2) is 5.82 Å². The molecular formula is C38H24N4. The predicted molar refractivity (Wildman–Crippen MR) is 172 cm³/mol. The summed E-state index contributed by atoms with van der Waals surface area (Å²) in [6.45, 7) is 0. The summed E-state index contributed by atoms with van der Waals surface area (Å²) in [5.74, 6) is 0.695. The fourth-order valence-corrected chi connectivity index (χ4v) is 5.69. The molecule has 196 valence electrons. The summed E-state index contributed by atoms with van der Waals surface area (Å²) in [4.78, 5) is 19.4. The summed E-state index contributed by atoms with van der Waals surface area (Å²) in [7, 11) is 0. The van der Waals surface area contributed by atoms with Crippen LogP contribution >= 0.6 is 0 Å². The van der Waals surface area contributed by atoms with E-state index in [1.165, 1.54) is 10.8 Å². The Morgan fingerprint density at radius 1 is 0.333 bits per heavy atom. The minimum absolute atomic E-state index is 0.695. The van der Waals surface area contributed by atoms with Crippen molar-refractivity contribution in [3.05, 3.63) is 146 Å². The highest BCUT2D eigenvalue weighted by Crippen LogP contribution is 2.33. The smallest absolute Gasteiger partial charge is 0.160 e. The molecule has 0 spiro atoms. The first-order valence-corrected chi connectivity index (χ1v) is 14.0. The molecule has 4 nitrogen and oxygen atoms in total. The molecule has 3 aromatic heterocycles. The topological polar surface area (TPSA) is 51.6 Å². The summed E-state index contributed by atoms with van der Waals surface area (Å²) < 4.78 is 0. The lowest BCUT2D eigenvalue weighted by molar-refractivity contribution is 1.23. The van der Waals surface area contributed by atoms with Gasteiger partial charge in [-0.2, -0.15) is 0 Å². The van der Waals surface area contributed by atoms with Crippen LogP contribution in [0.25, 0.3) is 77.6 Å². The Kier molecular flexibility index (Phi) is 5.75. The molecule has 0 fully saturated rings. The number of hydrogen-bond donors (Lipinski definition) is 0. The van der Waals surface area contributed by atoms with Gasteiger partial charge >= 0.3 is 0 Å². The fourth-order valence-electron chi connectivity index (χ4n) is 5.69. The SMILES string of the molecule is c1ccc2c(-c3ccc(-c4nc(-c5ccc(-c6nccc7ccccc67)cc5)c5ccccc5n4)cc3)nccc2c1. The van der Waals surface area contributed by atoms with E-state index in [2.05, 4.69) is 108 Å². The average Bonchev–Trinajstić information content (AvgIpc) is 3.07. The van der Waals surface area contributed by atoms with Gasteiger partial charge in [-0.25, -0.2) is 9.97 Å². The Balaban J connectivity index is 1.20. The van der Waals surface area contributed by atoms with Crippen LogP contribution in [0, 0.1) is 0 Å². The van der Waals surface area contributed by atoms with Crippen molar-refractivity contribution in [2.24, 2.45) is 0 Å². The maximum absolute atomic E-state index is 5.10. The Hall–Kier alpha value is -5.74. The fraction of sp³-hybridized carbons (Fsp3) is 0. The average molecular weight is 537 g/mol. The molecule has 0 aliphatic carbocycles. The number of hydrogen-bond acceptors (Lipinski definition) is 4. The van der Waals surface area contributed by atoms with Crippen LogP contribution in [-0.4, -0.2) is 19.9 Å². The summed E-state index contributed by atoms with van der Waals surface area (Å²) in [6.07, 6.45) is 3.74. The number of aromatic nitrogens is 4. The molecule has 5 aromatic carbocycles.